The molecule has 10 heteroatoms. The Hall–Kier alpha value is -1.52. The number of nitrogens with two attached hydrogens (primary N) is 4. The molecule has 0 aliphatic rings. The average molecular weight is 309 g/mol. The summed E-state index contributed by atoms with van der Waals surface area (Å²) >= 11 is 3.81. The van der Waals surface area contributed by atoms with Gasteiger partial charge in [-0.3, -0.25) is 14.6 Å². The Labute approximate surface area is 122 Å². The van der Waals surface area contributed by atoms with Gasteiger partial charge in [-0.2, -0.15) is 12.6 Å². The summed E-state index contributed by atoms with van der Waals surface area (Å²) in [6.07, 6.45) is 1.38. The van der Waals surface area contributed by atoms with Crippen molar-refractivity contribution in [1.82, 2.24) is 0 Å². The summed E-state index contributed by atoms with van der Waals surface area (Å²) in [6.45, 7) is 0.420. The van der Waals surface area contributed by atoms with E-state index >= 15 is 0 Å². The van der Waals surface area contributed by atoms with Crippen molar-refractivity contribution >= 4 is 30.5 Å². The third-order valence-corrected chi connectivity index (χ3v) is 2.30. The molecule has 0 spiro atoms. The van der Waals surface area contributed by atoms with E-state index < -0.39 is 24.0 Å². The van der Waals surface area contributed by atoms with Gasteiger partial charge in [0.1, 0.15) is 12.1 Å². The molecule has 0 rings (SSSR count). The molecule has 2 atom stereocenters. The lowest BCUT2D eigenvalue weighted by molar-refractivity contribution is -0.139. The highest BCUT2D eigenvalue weighted by molar-refractivity contribution is 7.80. The van der Waals surface area contributed by atoms with Crippen LogP contribution in [0.3, 0.4) is 0 Å². The van der Waals surface area contributed by atoms with Crippen LogP contribution in [0.4, 0.5) is 0 Å². The first kappa shape index (κ1) is 20.8. The molecule has 0 saturated carbocycles. The van der Waals surface area contributed by atoms with Crippen LogP contribution in [-0.2, 0) is 9.59 Å². The summed E-state index contributed by atoms with van der Waals surface area (Å²) in [6, 6.07) is -1.56. The normalized spacial score (nSPS) is 12.6. The van der Waals surface area contributed by atoms with Gasteiger partial charge in [0.15, 0.2) is 5.96 Å². The van der Waals surface area contributed by atoms with Crippen LogP contribution in [0.1, 0.15) is 19.3 Å². The summed E-state index contributed by atoms with van der Waals surface area (Å²) in [5.74, 6) is -1.43. The first-order valence-corrected chi connectivity index (χ1v) is 6.48. The van der Waals surface area contributed by atoms with Gasteiger partial charge in [-0.1, -0.05) is 0 Å². The average Bonchev–Trinajstić information content (AvgIpc) is 2.34. The number of hydrogen-bond donors (Lipinski definition) is 7. The number of carboxylic acids is 2. The van der Waals surface area contributed by atoms with E-state index in [9.17, 15) is 9.59 Å². The predicted molar refractivity (Wildman–Crippen MR) is 79.6 cm³/mol. The molecule has 0 unspecified atom stereocenters. The summed E-state index contributed by atoms with van der Waals surface area (Å²) in [7, 11) is 0. The third kappa shape index (κ3) is 14.5. The van der Waals surface area contributed by atoms with Crippen molar-refractivity contribution in [3.63, 3.8) is 0 Å². The smallest absolute Gasteiger partial charge is 0.320 e. The second-order valence-electron chi connectivity index (χ2n) is 3.85. The van der Waals surface area contributed by atoms with Gasteiger partial charge in [-0.15, -0.1) is 0 Å². The lowest BCUT2D eigenvalue weighted by Crippen LogP contribution is -2.30. The molecule has 0 bridgehead atoms. The van der Waals surface area contributed by atoms with Gasteiger partial charge in [0, 0.05) is 6.54 Å². The molecule has 0 aliphatic heterocycles. The van der Waals surface area contributed by atoms with Crippen LogP contribution in [0.2, 0.25) is 0 Å². The molecule has 0 amide bonds. The van der Waals surface area contributed by atoms with Crippen molar-refractivity contribution in [3.05, 3.63) is 0 Å². The predicted octanol–water partition coefficient (Wildman–Crippen LogP) is -1.83. The fourth-order valence-corrected chi connectivity index (χ4v) is 1.18. The standard InChI is InChI=1S/C6H14N4O2.C4H9NO2S/c7-4(5(11)12)2-1-3-10-6(8)9;5-3(1-2-8)4(6)7/h4H,1-3,7H2,(H,11,12)(H4,8,9,10);3,8H,1-2,5H2,(H,6,7)/t4-;3-/m00/s1. The van der Waals surface area contributed by atoms with E-state index in [4.69, 9.17) is 33.1 Å². The molecule has 118 valence electrons. The molecule has 0 aromatic rings. The van der Waals surface area contributed by atoms with Crippen molar-refractivity contribution in [2.24, 2.45) is 27.9 Å². The third-order valence-electron chi connectivity index (χ3n) is 2.04. The van der Waals surface area contributed by atoms with Crippen molar-refractivity contribution < 1.29 is 19.8 Å². The zero-order valence-corrected chi connectivity index (χ0v) is 12.0. The van der Waals surface area contributed by atoms with E-state index in [0.717, 1.165) is 0 Å². The quantitative estimate of drug-likeness (QED) is 0.118. The fraction of sp³-hybridized carbons (Fsp3) is 0.700. The zero-order valence-electron chi connectivity index (χ0n) is 11.1. The number of aliphatic imine (C=N–C) groups is 1. The highest BCUT2D eigenvalue weighted by atomic mass is 32.1. The van der Waals surface area contributed by atoms with Gasteiger partial charge in [-0.05, 0) is 25.0 Å². The van der Waals surface area contributed by atoms with Gasteiger partial charge in [0.2, 0.25) is 0 Å². The SMILES string of the molecule is NC(N)=NCCC[C@H](N)C(=O)O.N[C@@H](CCS)C(=O)O. The van der Waals surface area contributed by atoms with Crippen LogP contribution in [0.15, 0.2) is 4.99 Å². The Morgan fingerprint density at radius 2 is 1.50 bits per heavy atom. The van der Waals surface area contributed by atoms with Gasteiger partial charge >= 0.3 is 11.9 Å². The Kier molecular flexibility index (Phi) is 13.0. The molecule has 0 fully saturated rings. The summed E-state index contributed by atoms with van der Waals surface area (Å²) in [4.78, 5) is 23.8. The maximum absolute atomic E-state index is 10.2. The lowest BCUT2D eigenvalue weighted by atomic mass is 10.2. The van der Waals surface area contributed by atoms with Crippen LogP contribution in [0.5, 0.6) is 0 Å². The zero-order chi connectivity index (χ0) is 16.1. The molecule has 0 aromatic heterocycles. The molecule has 9 nitrogen and oxygen atoms in total. The Morgan fingerprint density at radius 1 is 1.05 bits per heavy atom. The summed E-state index contributed by atoms with van der Waals surface area (Å²) in [5, 5.41) is 16.5. The second-order valence-corrected chi connectivity index (χ2v) is 4.30. The number of hydrogen-bond acceptors (Lipinski definition) is 6. The van der Waals surface area contributed by atoms with Crippen LogP contribution in [-0.4, -0.2) is 52.5 Å². The molecular formula is C10H23N5O4S. The summed E-state index contributed by atoms with van der Waals surface area (Å²) < 4.78 is 0. The highest BCUT2D eigenvalue weighted by Gasteiger charge is 2.09. The minimum atomic E-state index is -1.00. The number of carboxylic acid groups (broad SMARTS) is 2. The fourth-order valence-electron chi connectivity index (χ4n) is 0.905. The van der Waals surface area contributed by atoms with E-state index in [1.165, 1.54) is 0 Å². The Morgan fingerprint density at radius 3 is 1.80 bits per heavy atom. The lowest BCUT2D eigenvalue weighted by Gasteiger charge is -2.03. The van der Waals surface area contributed by atoms with Crippen molar-refractivity contribution in [1.29, 1.82) is 0 Å². The molecule has 20 heavy (non-hydrogen) atoms. The molecule has 0 saturated heterocycles. The maximum atomic E-state index is 10.2. The first-order valence-electron chi connectivity index (χ1n) is 5.85. The van der Waals surface area contributed by atoms with Gasteiger partial charge in [0.05, 0.1) is 0 Å². The van der Waals surface area contributed by atoms with Crippen molar-refractivity contribution in [2.45, 2.75) is 31.3 Å². The van der Waals surface area contributed by atoms with E-state index in [1.807, 2.05) is 0 Å². The number of nitrogens with zero attached hydrogens (tertiary/aromatic N) is 1. The van der Waals surface area contributed by atoms with Crippen LogP contribution in [0, 0.1) is 0 Å². The molecule has 0 aliphatic carbocycles. The maximum Gasteiger partial charge on any atom is 0.320 e. The first-order chi connectivity index (χ1) is 9.22. The Bertz CT molecular complexity index is 323. The number of rotatable bonds is 8. The van der Waals surface area contributed by atoms with E-state index in [-0.39, 0.29) is 5.96 Å². The highest BCUT2D eigenvalue weighted by Crippen LogP contribution is 1.94. The number of thiol groups is 1. The van der Waals surface area contributed by atoms with Crippen LogP contribution < -0.4 is 22.9 Å². The van der Waals surface area contributed by atoms with Gasteiger partial charge < -0.3 is 33.1 Å². The van der Waals surface area contributed by atoms with E-state index in [0.29, 0.717) is 31.6 Å². The van der Waals surface area contributed by atoms with Gasteiger partial charge in [-0.25, -0.2) is 0 Å². The largest absolute Gasteiger partial charge is 0.480 e. The molecule has 0 radical (unpaired) electrons. The summed E-state index contributed by atoms with van der Waals surface area (Å²) in [5.41, 5.74) is 20.4. The van der Waals surface area contributed by atoms with Crippen LogP contribution in [0.25, 0.3) is 0 Å². The Balaban J connectivity index is 0. The van der Waals surface area contributed by atoms with Crippen LogP contribution >= 0.6 is 12.6 Å². The monoisotopic (exact) mass is 309 g/mol. The van der Waals surface area contributed by atoms with Crippen molar-refractivity contribution in [3.8, 4) is 0 Å². The van der Waals surface area contributed by atoms with E-state index in [1.54, 1.807) is 0 Å². The van der Waals surface area contributed by atoms with Gasteiger partial charge in [0.25, 0.3) is 0 Å². The number of carbonyl (C=O) groups is 2. The van der Waals surface area contributed by atoms with Crippen molar-refractivity contribution in [2.75, 3.05) is 12.3 Å². The number of aliphatic carboxylic acids is 2. The minimum Gasteiger partial charge on any atom is -0.480 e. The van der Waals surface area contributed by atoms with E-state index in [2.05, 4.69) is 17.6 Å². The topological polar surface area (TPSA) is 191 Å². The molecular weight excluding hydrogens is 286 g/mol. The molecule has 10 N–H and O–H groups in total. The second kappa shape index (κ2) is 12.5. The molecule has 0 aromatic carbocycles. The molecule has 0 heterocycles. The minimum absolute atomic E-state index is 0.0129. The number of guanidine groups is 1.